The highest BCUT2D eigenvalue weighted by atomic mass is 35.5. The largest absolute Gasteiger partial charge is 0.497 e. The summed E-state index contributed by atoms with van der Waals surface area (Å²) >= 11 is 5.98. The molecule has 4 heteroatoms. The molecular formula is C16H16ClFO2. The quantitative estimate of drug-likeness (QED) is 0.921. The summed E-state index contributed by atoms with van der Waals surface area (Å²) in [5, 5.41) is 10.6. The number of ether oxygens (including phenoxy) is 1. The molecule has 2 rings (SSSR count). The van der Waals surface area contributed by atoms with E-state index >= 15 is 0 Å². The maximum Gasteiger partial charge on any atom is 0.124 e. The zero-order valence-corrected chi connectivity index (χ0v) is 12.1. The van der Waals surface area contributed by atoms with E-state index in [0.717, 1.165) is 22.4 Å². The van der Waals surface area contributed by atoms with Crippen LogP contribution in [0.15, 0.2) is 36.4 Å². The van der Waals surface area contributed by atoms with Gasteiger partial charge in [-0.1, -0.05) is 23.7 Å². The van der Waals surface area contributed by atoms with Crippen molar-refractivity contribution in [3.8, 4) is 5.75 Å². The van der Waals surface area contributed by atoms with Gasteiger partial charge < -0.3 is 9.84 Å². The van der Waals surface area contributed by atoms with Crippen molar-refractivity contribution >= 4 is 11.6 Å². The van der Waals surface area contributed by atoms with Crippen LogP contribution in [-0.4, -0.2) is 12.2 Å². The van der Waals surface area contributed by atoms with Gasteiger partial charge in [-0.05, 0) is 47.9 Å². The Morgan fingerprint density at radius 1 is 1.25 bits per heavy atom. The van der Waals surface area contributed by atoms with Crippen LogP contribution in [0.3, 0.4) is 0 Å². The van der Waals surface area contributed by atoms with E-state index in [4.69, 9.17) is 16.3 Å². The fraction of sp³-hybridized carbons (Fsp3) is 0.250. The minimum Gasteiger partial charge on any atom is -0.497 e. The second-order valence-corrected chi connectivity index (χ2v) is 5.09. The van der Waals surface area contributed by atoms with Crippen LogP contribution in [0.5, 0.6) is 5.75 Å². The van der Waals surface area contributed by atoms with Gasteiger partial charge in [0, 0.05) is 11.4 Å². The van der Waals surface area contributed by atoms with E-state index in [1.807, 2.05) is 19.1 Å². The number of aliphatic hydroxyl groups is 1. The number of hydrogen-bond acceptors (Lipinski definition) is 2. The third-order valence-corrected chi connectivity index (χ3v) is 3.62. The third-order valence-electron chi connectivity index (χ3n) is 3.26. The Labute approximate surface area is 122 Å². The molecular weight excluding hydrogens is 279 g/mol. The van der Waals surface area contributed by atoms with Crippen molar-refractivity contribution in [2.24, 2.45) is 0 Å². The van der Waals surface area contributed by atoms with Crippen LogP contribution >= 0.6 is 11.6 Å². The van der Waals surface area contributed by atoms with E-state index in [1.54, 1.807) is 19.2 Å². The van der Waals surface area contributed by atoms with Crippen molar-refractivity contribution in [3.05, 3.63) is 63.9 Å². The fourth-order valence-electron chi connectivity index (χ4n) is 2.15. The molecule has 0 saturated heterocycles. The Balaban J connectivity index is 2.21. The van der Waals surface area contributed by atoms with Crippen LogP contribution in [0.1, 0.15) is 22.8 Å². The van der Waals surface area contributed by atoms with Crippen LogP contribution in [0.25, 0.3) is 0 Å². The third kappa shape index (κ3) is 3.30. The standard InChI is InChI=1S/C16H16ClFO2/c1-10-7-13(20-2)5-6-14(10)16(19)8-11-3-4-12(18)9-15(11)17/h3-7,9,16,19H,8H2,1-2H3. The molecule has 1 unspecified atom stereocenters. The highest BCUT2D eigenvalue weighted by Crippen LogP contribution is 2.27. The topological polar surface area (TPSA) is 29.5 Å². The van der Waals surface area contributed by atoms with Gasteiger partial charge in [0.2, 0.25) is 0 Å². The van der Waals surface area contributed by atoms with Gasteiger partial charge in [0.1, 0.15) is 11.6 Å². The lowest BCUT2D eigenvalue weighted by atomic mass is 9.97. The smallest absolute Gasteiger partial charge is 0.124 e. The number of benzene rings is 2. The number of halogens is 2. The molecule has 20 heavy (non-hydrogen) atoms. The van der Waals surface area contributed by atoms with Gasteiger partial charge in [-0.2, -0.15) is 0 Å². The molecule has 0 fully saturated rings. The van der Waals surface area contributed by atoms with Gasteiger partial charge in [0.15, 0.2) is 0 Å². The Hall–Kier alpha value is -1.58. The Kier molecular flexibility index (Phi) is 4.63. The lowest BCUT2D eigenvalue weighted by Crippen LogP contribution is -2.04. The molecule has 0 radical (unpaired) electrons. The molecule has 0 heterocycles. The van der Waals surface area contributed by atoms with Crippen LogP contribution in [0.2, 0.25) is 5.02 Å². The normalized spacial score (nSPS) is 12.2. The lowest BCUT2D eigenvalue weighted by Gasteiger charge is -2.15. The minimum absolute atomic E-state index is 0.329. The maximum atomic E-state index is 13.0. The van der Waals surface area contributed by atoms with Crippen LogP contribution in [0, 0.1) is 12.7 Å². The molecule has 1 N–H and O–H groups in total. The van der Waals surface area contributed by atoms with Crippen LogP contribution < -0.4 is 4.74 Å². The van der Waals surface area contributed by atoms with Gasteiger partial charge in [-0.15, -0.1) is 0 Å². The van der Waals surface area contributed by atoms with Gasteiger partial charge in [-0.3, -0.25) is 0 Å². The van der Waals surface area contributed by atoms with Crippen molar-refractivity contribution in [2.75, 3.05) is 7.11 Å². The molecule has 0 aliphatic carbocycles. The summed E-state index contributed by atoms with van der Waals surface area (Å²) < 4.78 is 18.1. The molecule has 2 aromatic rings. The molecule has 1 atom stereocenters. The summed E-state index contributed by atoms with van der Waals surface area (Å²) in [5.74, 6) is 0.368. The zero-order valence-electron chi connectivity index (χ0n) is 11.4. The van der Waals surface area contributed by atoms with E-state index in [0.29, 0.717) is 11.4 Å². The summed E-state index contributed by atoms with van der Waals surface area (Å²) in [4.78, 5) is 0. The SMILES string of the molecule is COc1ccc(C(O)Cc2ccc(F)cc2Cl)c(C)c1. The molecule has 0 amide bonds. The van der Waals surface area contributed by atoms with E-state index in [2.05, 4.69) is 0 Å². The Morgan fingerprint density at radius 3 is 2.60 bits per heavy atom. The first-order valence-electron chi connectivity index (χ1n) is 6.28. The number of aliphatic hydroxyl groups excluding tert-OH is 1. The maximum absolute atomic E-state index is 13.0. The summed E-state index contributed by atoms with van der Waals surface area (Å²) in [6.45, 7) is 1.91. The van der Waals surface area contributed by atoms with Crippen LogP contribution in [-0.2, 0) is 6.42 Å². The highest BCUT2D eigenvalue weighted by Gasteiger charge is 2.14. The van der Waals surface area contributed by atoms with Crippen molar-refractivity contribution < 1.29 is 14.2 Å². The molecule has 0 aliphatic heterocycles. The summed E-state index contributed by atoms with van der Waals surface area (Å²) in [6, 6.07) is 9.69. The van der Waals surface area contributed by atoms with E-state index in [1.165, 1.54) is 12.1 Å². The second kappa shape index (κ2) is 6.25. The summed E-state index contributed by atoms with van der Waals surface area (Å²) in [7, 11) is 1.60. The average Bonchev–Trinajstić information content (AvgIpc) is 2.41. The lowest BCUT2D eigenvalue weighted by molar-refractivity contribution is 0.177. The second-order valence-electron chi connectivity index (χ2n) is 4.68. The molecule has 0 aromatic heterocycles. The fourth-order valence-corrected chi connectivity index (χ4v) is 2.40. The molecule has 0 bridgehead atoms. The number of aryl methyl sites for hydroxylation is 1. The van der Waals surface area contributed by atoms with Crippen molar-refractivity contribution in [2.45, 2.75) is 19.4 Å². The Morgan fingerprint density at radius 2 is 2.00 bits per heavy atom. The van der Waals surface area contributed by atoms with Gasteiger partial charge >= 0.3 is 0 Å². The molecule has 2 aromatic carbocycles. The number of rotatable bonds is 4. The van der Waals surface area contributed by atoms with Crippen molar-refractivity contribution in [1.82, 2.24) is 0 Å². The van der Waals surface area contributed by atoms with Gasteiger partial charge in [-0.25, -0.2) is 4.39 Å². The molecule has 106 valence electrons. The summed E-state index contributed by atoms with van der Waals surface area (Å²) in [5.41, 5.74) is 2.47. The molecule has 0 aliphatic rings. The number of methoxy groups -OCH3 is 1. The van der Waals surface area contributed by atoms with Gasteiger partial charge in [0.25, 0.3) is 0 Å². The Bertz CT molecular complexity index is 613. The van der Waals surface area contributed by atoms with Crippen LogP contribution in [0.4, 0.5) is 4.39 Å². The van der Waals surface area contributed by atoms with E-state index in [-0.39, 0.29) is 5.82 Å². The highest BCUT2D eigenvalue weighted by molar-refractivity contribution is 6.31. The predicted octanol–water partition coefficient (Wildman–Crippen LogP) is 4.07. The monoisotopic (exact) mass is 294 g/mol. The first-order chi connectivity index (χ1) is 9.51. The first kappa shape index (κ1) is 14.8. The predicted molar refractivity (Wildman–Crippen MR) is 77.8 cm³/mol. The zero-order chi connectivity index (χ0) is 14.7. The van der Waals surface area contributed by atoms with E-state index < -0.39 is 6.10 Å². The molecule has 0 saturated carbocycles. The van der Waals surface area contributed by atoms with E-state index in [9.17, 15) is 9.50 Å². The van der Waals surface area contributed by atoms with Crippen molar-refractivity contribution in [1.29, 1.82) is 0 Å². The molecule has 0 spiro atoms. The van der Waals surface area contributed by atoms with Gasteiger partial charge in [0.05, 0.1) is 13.2 Å². The number of hydrogen-bond donors (Lipinski definition) is 1. The first-order valence-corrected chi connectivity index (χ1v) is 6.65. The average molecular weight is 295 g/mol. The summed E-state index contributed by atoms with van der Waals surface area (Å²) in [6.07, 6.45) is -0.351. The molecule has 2 nitrogen and oxygen atoms in total. The van der Waals surface area contributed by atoms with Crippen molar-refractivity contribution in [3.63, 3.8) is 0 Å². The minimum atomic E-state index is -0.691.